The van der Waals surface area contributed by atoms with E-state index in [2.05, 4.69) is 0 Å². The third-order valence-corrected chi connectivity index (χ3v) is 4.20. The van der Waals surface area contributed by atoms with E-state index in [4.69, 9.17) is 33.7 Å². The number of nitrogens with zero attached hydrogens (tertiary/aromatic N) is 1. The molecule has 2 aromatic carbocycles. The first-order chi connectivity index (χ1) is 11.9. The van der Waals surface area contributed by atoms with Gasteiger partial charge in [0, 0.05) is 23.0 Å². The Kier molecular flexibility index (Phi) is 6.67. The minimum Gasteiger partial charge on any atom is -0.495 e. The van der Waals surface area contributed by atoms with E-state index >= 15 is 0 Å². The van der Waals surface area contributed by atoms with Gasteiger partial charge in [0.05, 0.1) is 19.2 Å². The van der Waals surface area contributed by atoms with Crippen LogP contribution in [0.5, 0.6) is 5.75 Å². The Morgan fingerprint density at radius 2 is 1.88 bits per heavy atom. The van der Waals surface area contributed by atoms with Crippen molar-refractivity contribution in [1.29, 1.82) is 0 Å². The van der Waals surface area contributed by atoms with E-state index in [0.29, 0.717) is 27.0 Å². The first-order valence-corrected chi connectivity index (χ1v) is 8.33. The largest absolute Gasteiger partial charge is 0.495 e. The summed E-state index contributed by atoms with van der Waals surface area (Å²) in [5.74, 6) is -0.185. The predicted molar refractivity (Wildman–Crippen MR) is 99.3 cm³/mol. The molecule has 0 saturated carbocycles. The van der Waals surface area contributed by atoms with Gasteiger partial charge >= 0.3 is 0 Å². The summed E-state index contributed by atoms with van der Waals surface area (Å²) in [6, 6.07) is 12.1. The second-order valence-electron chi connectivity index (χ2n) is 5.35. The fraction of sp³-hybridized carbons (Fsp3) is 0.222. The number of rotatable bonds is 7. The summed E-state index contributed by atoms with van der Waals surface area (Å²) in [5.41, 5.74) is 6.46. The standard InChI is InChI=1S/C18H18Cl2N2O3/c1-25-16-5-3-2-4-15(16)22(9-8-17(21)23)18(24)10-12-6-7-13(19)11-14(12)20/h2-7,11H,8-10H2,1H3,(H2,21,23). The number of carbonyl (C=O) groups is 2. The number of primary amides is 1. The summed E-state index contributed by atoms with van der Waals surface area (Å²) in [7, 11) is 1.52. The average Bonchev–Trinajstić information content (AvgIpc) is 2.57. The number of halogens is 2. The molecule has 0 bridgehead atoms. The Hall–Kier alpha value is -2.24. The van der Waals surface area contributed by atoms with Crippen LogP contribution in [0.25, 0.3) is 0 Å². The maximum atomic E-state index is 12.9. The molecule has 0 unspecified atom stereocenters. The molecule has 2 N–H and O–H groups in total. The smallest absolute Gasteiger partial charge is 0.231 e. The van der Waals surface area contributed by atoms with E-state index in [1.807, 2.05) is 0 Å². The Morgan fingerprint density at radius 1 is 1.16 bits per heavy atom. The van der Waals surface area contributed by atoms with Crippen LogP contribution < -0.4 is 15.4 Å². The Bertz CT molecular complexity index is 781. The number of amides is 2. The van der Waals surface area contributed by atoms with Crippen molar-refractivity contribution in [2.24, 2.45) is 5.73 Å². The topological polar surface area (TPSA) is 72.6 Å². The number of hydrogen-bond acceptors (Lipinski definition) is 3. The number of para-hydroxylation sites is 2. The van der Waals surface area contributed by atoms with Crippen LogP contribution in [-0.2, 0) is 16.0 Å². The summed E-state index contributed by atoms with van der Waals surface area (Å²) in [4.78, 5) is 25.5. The van der Waals surface area contributed by atoms with E-state index in [-0.39, 0.29) is 25.3 Å². The van der Waals surface area contributed by atoms with E-state index in [1.54, 1.807) is 42.5 Å². The van der Waals surface area contributed by atoms with Crippen LogP contribution >= 0.6 is 23.2 Å². The van der Waals surface area contributed by atoms with Crippen LogP contribution in [0.4, 0.5) is 5.69 Å². The van der Waals surface area contributed by atoms with Crippen molar-refractivity contribution in [2.75, 3.05) is 18.6 Å². The van der Waals surface area contributed by atoms with Crippen molar-refractivity contribution in [3.05, 3.63) is 58.1 Å². The number of methoxy groups -OCH3 is 1. The van der Waals surface area contributed by atoms with Crippen LogP contribution in [0.2, 0.25) is 10.0 Å². The number of benzene rings is 2. The van der Waals surface area contributed by atoms with Crippen LogP contribution in [0.1, 0.15) is 12.0 Å². The molecule has 2 amide bonds. The maximum Gasteiger partial charge on any atom is 0.231 e. The van der Waals surface area contributed by atoms with Crippen LogP contribution in [0, 0.1) is 0 Å². The molecule has 0 aliphatic carbocycles. The molecule has 5 nitrogen and oxygen atoms in total. The predicted octanol–water partition coefficient (Wildman–Crippen LogP) is 3.45. The van der Waals surface area contributed by atoms with Crippen molar-refractivity contribution in [2.45, 2.75) is 12.8 Å². The monoisotopic (exact) mass is 380 g/mol. The third kappa shape index (κ3) is 5.11. The summed E-state index contributed by atoms with van der Waals surface area (Å²) < 4.78 is 5.32. The summed E-state index contributed by atoms with van der Waals surface area (Å²) in [6.07, 6.45) is 0.102. The SMILES string of the molecule is COc1ccccc1N(CCC(N)=O)C(=O)Cc1ccc(Cl)cc1Cl. The lowest BCUT2D eigenvalue weighted by Gasteiger charge is -2.24. The third-order valence-electron chi connectivity index (χ3n) is 3.62. The molecule has 2 rings (SSSR count). The molecule has 0 aliphatic heterocycles. The second-order valence-corrected chi connectivity index (χ2v) is 6.19. The van der Waals surface area contributed by atoms with Gasteiger partial charge in [-0.05, 0) is 29.8 Å². The minimum atomic E-state index is -0.489. The lowest BCUT2D eigenvalue weighted by Crippen LogP contribution is -2.35. The van der Waals surface area contributed by atoms with Crippen LogP contribution in [0.15, 0.2) is 42.5 Å². The zero-order valence-electron chi connectivity index (χ0n) is 13.7. The van der Waals surface area contributed by atoms with Crippen LogP contribution in [-0.4, -0.2) is 25.5 Å². The van der Waals surface area contributed by atoms with Gasteiger partial charge in [0.15, 0.2) is 0 Å². The lowest BCUT2D eigenvalue weighted by atomic mass is 10.1. The number of ether oxygens (including phenoxy) is 1. The van der Waals surface area contributed by atoms with Gasteiger partial charge in [-0.1, -0.05) is 41.4 Å². The molecular weight excluding hydrogens is 363 g/mol. The van der Waals surface area contributed by atoms with Gasteiger partial charge in [-0.2, -0.15) is 0 Å². The molecule has 25 heavy (non-hydrogen) atoms. The van der Waals surface area contributed by atoms with E-state index in [0.717, 1.165) is 0 Å². The van der Waals surface area contributed by atoms with Gasteiger partial charge < -0.3 is 15.4 Å². The molecule has 2 aromatic rings. The molecule has 0 radical (unpaired) electrons. The summed E-state index contributed by atoms with van der Waals surface area (Å²) in [5, 5.41) is 0.909. The number of hydrogen-bond donors (Lipinski definition) is 1. The van der Waals surface area contributed by atoms with Gasteiger partial charge in [-0.25, -0.2) is 0 Å². The number of nitrogens with two attached hydrogens (primary N) is 1. The Balaban J connectivity index is 2.30. The molecule has 7 heteroatoms. The highest BCUT2D eigenvalue weighted by molar-refractivity contribution is 6.35. The quantitative estimate of drug-likeness (QED) is 0.799. The molecule has 0 fully saturated rings. The summed E-state index contributed by atoms with van der Waals surface area (Å²) in [6.45, 7) is 0.153. The fourth-order valence-electron chi connectivity index (χ4n) is 2.38. The molecule has 132 valence electrons. The van der Waals surface area contributed by atoms with Gasteiger partial charge in [0.2, 0.25) is 11.8 Å². The molecule has 0 aliphatic rings. The van der Waals surface area contributed by atoms with Gasteiger partial charge in [0.1, 0.15) is 5.75 Å². The van der Waals surface area contributed by atoms with Crippen molar-refractivity contribution in [3.63, 3.8) is 0 Å². The van der Waals surface area contributed by atoms with E-state index < -0.39 is 5.91 Å². The maximum absolute atomic E-state index is 12.9. The molecule has 0 saturated heterocycles. The van der Waals surface area contributed by atoms with Gasteiger partial charge in [-0.3, -0.25) is 9.59 Å². The van der Waals surface area contributed by atoms with Crippen molar-refractivity contribution in [3.8, 4) is 5.75 Å². The van der Waals surface area contributed by atoms with Gasteiger partial charge in [0.25, 0.3) is 0 Å². The molecule has 0 atom stereocenters. The highest BCUT2D eigenvalue weighted by Gasteiger charge is 2.21. The van der Waals surface area contributed by atoms with E-state index in [1.165, 1.54) is 12.0 Å². The van der Waals surface area contributed by atoms with Crippen molar-refractivity contribution >= 4 is 40.7 Å². The minimum absolute atomic E-state index is 0.0398. The first-order valence-electron chi connectivity index (χ1n) is 7.58. The highest BCUT2D eigenvalue weighted by Crippen LogP contribution is 2.29. The number of carbonyl (C=O) groups excluding carboxylic acids is 2. The highest BCUT2D eigenvalue weighted by atomic mass is 35.5. The fourth-order valence-corrected chi connectivity index (χ4v) is 2.85. The van der Waals surface area contributed by atoms with Gasteiger partial charge in [-0.15, -0.1) is 0 Å². The lowest BCUT2D eigenvalue weighted by molar-refractivity contribution is -0.118. The second kappa shape index (κ2) is 8.74. The molecule has 0 heterocycles. The van der Waals surface area contributed by atoms with E-state index in [9.17, 15) is 9.59 Å². The number of anilines is 1. The van der Waals surface area contributed by atoms with Crippen molar-refractivity contribution < 1.29 is 14.3 Å². The molecular formula is C18H18Cl2N2O3. The van der Waals surface area contributed by atoms with Crippen LogP contribution in [0.3, 0.4) is 0 Å². The first kappa shape index (κ1) is 19.1. The summed E-state index contributed by atoms with van der Waals surface area (Å²) >= 11 is 12.0. The Morgan fingerprint density at radius 3 is 2.52 bits per heavy atom. The normalized spacial score (nSPS) is 10.4. The molecule has 0 aromatic heterocycles. The van der Waals surface area contributed by atoms with Crippen molar-refractivity contribution in [1.82, 2.24) is 0 Å². The molecule has 0 spiro atoms. The zero-order valence-corrected chi connectivity index (χ0v) is 15.2. The Labute approximate surface area is 156 Å². The average molecular weight is 381 g/mol. The zero-order chi connectivity index (χ0) is 18.4.